The average Bonchev–Trinajstić information content (AvgIpc) is 2.83. The second-order valence-electron chi connectivity index (χ2n) is 6.99. The number of hydrogen-bond donors (Lipinski definition) is 1. The molecule has 0 radical (unpaired) electrons. The highest BCUT2D eigenvalue weighted by molar-refractivity contribution is 7.09. The van der Waals surface area contributed by atoms with Gasteiger partial charge in [-0.15, -0.1) is 11.3 Å². The van der Waals surface area contributed by atoms with Crippen molar-refractivity contribution in [3.8, 4) is 0 Å². The molecule has 0 amide bonds. The lowest BCUT2D eigenvalue weighted by Gasteiger charge is -2.16. The molecule has 0 aliphatic heterocycles. The molecule has 1 aromatic rings. The minimum Gasteiger partial charge on any atom is -0.459 e. The van der Waals surface area contributed by atoms with Gasteiger partial charge in [0.2, 0.25) is 0 Å². The maximum atomic E-state index is 11.9. The molecule has 0 spiro atoms. The van der Waals surface area contributed by atoms with E-state index in [1.165, 1.54) is 0 Å². The maximum Gasteiger partial charge on any atom is 0.306 e. The van der Waals surface area contributed by atoms with Gasteiger partial charge in [-0.3, -0.25) is 4.79 Å². The van der Waals surface area contributed by atoms with E-state index in [9.17, 15) is 4.79 Å². The van der Waals surface area contributed by atoms with Crippen LogP contribution < -0.4 is 5.73 Å². The zero-order chi connectivity index (χ0) is 16.0. The van der Waals surface area contributed by atoms with Gasteiger partial charge in [-0.2, -0.15) is 0 Å². The summed E-state index contributed by atoms with van der Waals surface area (Å²) in [6.07, 6.45) is 1.35. The van der Waals surface area contributed by atoms with Crippen molar-refractivity contribution in [3.05, 3.63) is 16.1 Å². The summed E-state index contributed by atoms with van der Waals surface area (Å²) in [5.41, 5.74) is 6.57. The molecule has 0 saturated heterocycles. The lowest BCUT2D eigenvalue weighted by molar-refractivity contribution is -0.146. The van der Waals surface area contributed by atoms with E-state index in [-0.39, 0.29) is 23.9 Å². The van der Waals surface area contributed by atoms with Gasteiger partial charge in [-0.1, -0.05) is 34.6 Å². The molecule has 0 aromatic carbocycles. The van der Waals surface area contributed by atoms with Gasteiger partial charge in [-0.05, 0) is 24.8 Å². The first-order valence-corrected chi connectivity index (χ1v) is 8.41. The van der Waals surface area contributed by atoms with Crippen molar-refractivity contribution in [2.75, 3.05) is 6.54 Å². The fourth-order valence-corrected chi connectivity index (χ4v) is 2.99. The van der Waals surface area contributed by atoms with Crippen molar-refractivity contribution in [2.24, 2.45) is 17.6 Å². The first-order chi connectivity index (χ1) is 9.72. The number of hydrogen-bond acceptors (Lipinski definition) is 5. The van der Waals surface area contributed by atoms with E-state index in [0.29, 0.717) is 18.9 Å². The summed E-state index contributed by atoms with van der Waals surface area (Å²) >= 11 is 1.61. The van der Waals surface area contributed by atoms with Crippen LogP contribution in [0.5, 0.6) is 0 Å². The minimum absolute atomic E-state index is 0.0365. The Kier molecular flexibility index (Phi) is 6.81. The van der Waals surface area contributed by atoms with Gasteiger partial charge < -0.3 is 10.5 Å². The third kappa shape index (κ3) is 6.57. The van der Waals surface area contributed by atoms with Crippen molar-refractivity contribution in [1.29, 1.82) is 0 Å². The highest BCUT2D eigenvalue weighted by Gasteiger charge is 2.19. The SMILES string of the molecule is CC(C)C[C@H](CN)CC(=O)OCc1csc(C(C)(C)C)n1. The predicted molar refractivity (Wildman–Crippen MR) is 87.2 cm³/mol. The van der Waals surface area contributed by atoms with Gasteiger partial charge in [0, 0.05) is 17.2 Å². The van der Waals surface area contributed by atoms with Gasteiger partial charge in [0.1, 0.15) is 6.61 Å². The lowest BCUT2D eigenvalue weighted by Crippen LogP contribution is -2.21. The molecule has 0 aliphatic rings. The fourth-order valence-electron chi connectivity index (χ4n) is 2.10. The van der Waals surface area contributed by atoms with Crippen molar-refractivity contribution in [3.63, 3.8) is 0 Å². The molecular formula is C16H28N2O2S. The quantitative estimate of drug-likeness (QED) is 0.783. The number of carbonyl (C=O) groups excluding carboxylic acids is 1. The zero-order valence-electron chi connectivity index (χ0n) is 13.8. The molecule has 0 unspecified atom stereocenters. The predicted octanol–water partition coefficient (Wildman–Crippen LogP) is 3.49. The van der Waals surface area contributed by atoms with E-state index in [1.54, 1.807) is 11.3 Å². The second kappa shape index (κ2) is 7.90. The fraction of sp³-hybridized carbons (Fsp3) is 0.750. The van der Waals surface area contributed by atoms with E-state index >= 15 is 0 Å². The van der Waals surface area contributed by atoms with Crippen LogP contribution in [0.3, 0.4) is 0 Å². The van der Waals surface area contributed by atoms with Crippen LogP contribution in [0.15, 0.2) is 5.38 Å². The number of ether oxygens (including phenoxy) is 1. The van der Waals surface area contributed by atoms with Gasteiger partial charge >= 0.3 is 5.97 Å². The van der Waals surface area contributed by atoms with E-state index in [0.717, 1.165) is 17.1 Å². The Morgan fingerprint density at radius 3 is 2.57 bits per heavy atom. The van der Waals surface area contributed by atoms with Crippen LogP contribution in [0.25, 0.3) is 0 Å². The number of carbonyl (C=O) groups is 1. The number of nitrogens with two attached hydrogens (primary N) is 1. The van der Waals surface area contributed by atoms with E-state index in [1.807, 2.05) is 5.38 Å². The molecule has 5 heteroatoms. The van der Waals surface area contributed by atoms with E-state index in [4.69, 9.17) is 10.5 Å². The normalized spacial score (nSPS) is 13.5. The van der Waals surface area contributed by atoms with Gasteiger partial charge in [0.25, 0.3) is 0 Å². The van der Waals surface area contributed by atoms with Crippen molar-refractivity contribution in [1.82, 2.24) is 4.98 Å². The molecule has 0 bridgehead atoms. The van der Waals surface area contributed by atoms with E-state index in [2.05, 4.69) is 39.6 Å². The Labute approximate surface area is 132 Å². The summed E-state index contributed by atoms with van der Waals surface area (Å²) in [6, 6.07) is 0. The summed E-state index contributed by atoms with van der Waals surface area (Å²) in [6.45, 7) is 11.4. The van der Waals surface area contributed by atoms with Gasteiger partial charge in [0.15, 0.2) is 0 Å². The van der Waals surface area contributed by atoms with E-state index < -0.39 is 0 Å². The molecule has 1 rings (SSSR count). The summed E-state index contributed by atoms with van der Waals surface area (Å²) < 4.78 is 5.32. The minimum atomic E-state index is -0.184. The molecule has 4 nitrogen and oxygen atoms in total. The van der Waals surface area contributed by atoms with Crippen LogP contribution in [-0.2, 0) is 21.6 Å². The number of thiazole rings is 1. The third-order valence-corrected chi connectivity index (χ3v) is 4.48. The molecule has 0 fully saturated rings. The molecule has 0 aliphatic carbocycles. The molecule has 1 heterocycles. The highest BCUT2D eigenvalue weighted by Crippen LogP contribution is 2.25. The van der Waals surface area contributed by atoms with Gasteiger partial charge in [0.05, 0.1) is 10.7 Å². The van der Waals surface area contributed by atoms with Crippen molar-refractivity contribution < 1.29 is 9.53 Å². The van der Waals surface area contributed by atoms with Crippen LogP contribution in [0, 0.1) is 11.8 Å². The first kappa shape index (κ1) is 18.1. The smallest absolute Gasteiger partial charge is 0.306 e. The van der Waals surface area contributed by atoms with Crippen molar-refractivity contribution >= 4 is 17.3 Å². The van der Waals surface area contributed by atoms with Crippen LogP contribution >= 0.6 is 11.3 Å². The van der Waals surface area contributed by atoms with Crippen molar-refractivity contribution in [2.45, 2.75) is 59.5 Å². The number of esters is 1. The zero-order valence-corrected chi connectivity index (χ0v) is 14.6. The summed E-state index contributed by atoms with van der Waals surface area (Å²) in [5, 5.41) is 3.02. The van der Waals surface area contributed by atoms with Crippen LogP contribution in [0.2, 0.25) is 0 Å². The number of nitrogens with zero attached hydrogens (tertiary/aromatic N) is 1. The second-order valence-corrected chi connectivity index (χ2v) is 7.85. The Hall–Kier alpha value is -0.940. The number of aromatic nitrogens is 1. The largest absolute Gasteiger partial charge is 0.459 e. The third-order valence-electron chi connectivity index (χ3n) is 3.17. The number of rotatable bonds is 7. The molecule has 120 valence electrons. The standard InChI is InChI=1S/C16H28N2O2S/c1-11(2)6-12(8-17)7-14(19)20-9-13-10-21-15(18-13)16(3,4)5/h10-12H,6-9,17H2,1-5H3/t12-/m0/s1. The summed E-state index contributed by atoms with van der Waals surface area (Å²) in [4.78, 5) is 16.4. The lowest BCUT2D eigenvalue weighted by atomic mass is 9.94. The van der Waals surface area contributed by atoms with Crippen LogP contribution in [-0.4, -0.2) is 17.5 Å². The van der Waals surface area contributed by atoms with Crippen LogP contribution in [0.4, 0.5) is 0 Å². The topological polar surface area (TPSA) is 65.2 Å². The Bertz CT molecular complexity index is 449. The van der Waals surface area contributed by atoms with Crippen LogP contribution in [0.1, 0.15) is 58.2 Å². The molecule has 21 heavy (non-hydrogen) atoms. The Morgan fingerprint density at radius 2 is 2.10 bits per heavy atom. The molecule has 0 saturated carbocycles. The summed E-state index contributed by atoms with van der Waals surface area (Å²) in [7, 11) is 0. The summed E-state index contributed by atoms with van der Waals surface area (Å²) in [5.74, 6) is 0.564. The molecular weight excluding hydrogens is 284 g/mol. The first-order valence-electron chi connectivity index (χ1n) is 7.53. The Morgan fingerprint density at radius 1 is 1.43 bits per heavy atom. The molecule has 2 N–H and O–H groups in total. The monoisotopic (exact) mass is 312 g/mol. The average molecular weight is 312 g/mol. The highest BCUT2D eigenvalue weighted by atomic mass is 32.1. The molecule has 1 aromatic heterocycles. The maximum absolute atomic E-state index is 11.9. The van der Waals surface area contributed by atoms with Gasteiger partial charge in [-0.25, -0.2) is 4.98 Å². The molecule has 1 atom stereocenters. The Balaban J connectivity index is 2.44.